The molecule has 0 aliphatic heterocycles. The zero-order chi connectivity index (χ0) is 12.5. The van der Waals surface area contributed by atoms with E-state index >= 15 is 0 Å². The fourth-order valence-electron chi connectivity index (χ4n) is 1.14. The number of rotatable bonds is 8. The summed E-state index contributed by atoms with van der Waals surface area (Å²) in [6.45, 7) is 5.81. The summed E-state index contributed by atoms with van der Waals surface area (Å²) in [5.74, 6) is 1.47. The van der Waals surface area contributed by atoms with Crippen LogP contribution in [0.4, 0.5) is 17.8 Å². The Kier molecular flexibility index (Phi) is 8.95. The molecule has 0 bridgehead atoms. The van der Waals surface area contributed by atoms with Crippen molar-refractivity contribution < 1.29 is 4.84 Å². The highest BCUT2D eigenvalue weighted by Crippen LogP contribution is 2.09. The lowest BCUT2D eigenvalue weighted by atomic mass is 10.5. The third-order valence-electron chi connectivity index (χ3n) is 1.89. The van der Waals surface area contributed by atoms with Crippen molar-refractivity contribution in [3.8, 4) is 0 Å². The Balaban J connectivity index is 0.00000289. The zero-order valence-electron chi connectivity index (χ0n) is 11.0. The van der Waals surface area contributed by atoms with Gasteiger partial charge in [0.15, 0.2) is 0 Å². The molecular formula is C10H21ClN6O. The molecule has 8 heteroatoms. The molecule has 104 valence electrons. The van der Waals surface area contributed by atoms with E-state index in [4.69, 9.17) is 4.84 Å². The van der Waals surface area contributed by atoms with Gasteiger partial charge in [-0.25, -0.2) is 5.48 Å². The summed E-state index contributed by atoms with van der Waals surface area (Å²) in [5.41, 5.74) is 2.60. The molecule has 1 aromatic heterocycles. The van der Waals surface area contributed by atoms with E-state index in [0.29, 0.717) is 17.8 Å². The van der Waals surface area contributed by atoms with Crippen LogP contribution in [0.25, 0.3) is 0 Å². The fraction of sp³-hybridized carbons (Fsp3) is 0.700. The predicted molar refractivity (Wildman–Crippen MR) is 75.3 cm³/mol. The van der Waals surface area contributed by atoms with Crippen LogP contribution < -0.4 is 16.1 Å². The van der Waals surface area contributed by atoms with Gasteiger partial charge in [0.2, 0.25) is 11.9 Å². The third-order valence-corrected chi connectivity index (χ3v) is 1.89. The van der Waals surface area contributed by atoms with E-state index in [2.05, 4.69) is 44.9 Å². The Morgan fingerprint density at radius 2 is 1.33 bits per heavy atom. The monoisotopic (exact) mass is 276 g/mol. The largest absolute Gasteiger partial charge is 0.354 e. The highest BCUT2D eigenvalue weighted by atomic mass is 35.5. The molecule has 0 aliphatic rings. The highest BCUT2D eigenvalue weighted by Gasteiger charge is 2.05. The summed E-state index contributed by atoms with van der Waals surface area (Å²) in [7, 11) is 1.52. The smallest absolute Gasteiger partial charge is 0.253 e. The van der Waals surface area contributed by atoms with Crippen LogP contribution in [0.15, 0.2) is 0 Å². The van der Waals surface area contributed by atoms with Gasteiger partial charge >= 0.3 is 0 Å². The molecule has 0 fully saturated rings. The van der Waals surface area contributed by atoms with Crippen molar-refractivity contribution >= 4 is 30.3 Å². The van der Waals surface area contributed by atoms with Crippen molar-refractivity contribution in [3.63, 3.8) is 0 Å². The Morgan fingerprint density at radius 3 is 1.72 bits per heavy atom. The van der Waals surface area contributed by atoms with Crippen LogP contribution >= 0.6 is 12.4 Å². The SMILES string of the molecule is CCCNc1nc(NCCC)nc(NOC)n1.Cl. The highest BCUT2D eigenvalue weighted by molar-refractivity contribution is 5.85. The first kappa shape index (κ1) is 16.7. The topological polar surface area (TPSA) is 84.0 Å². The minimum Gasteiger partial charge on any atom is -0.354 e. The number of hydrogen-bond donors (Lipinski definition) is 3. The molecule has 7 nitrogen and oxygen atoms in total. The maximum Gasteiger partial charge on any atom is 0.253 e. The molecule has 0 amide bonds. The summed E-state index contributed by atoms with van der Waals surface area (Å²) < 4.78 is 0. The first-order valence-electron chi connectivity index (χ1n) is 5.83. The van der Waals surface area contributed by atoms with Gasteiger partial charge in [0.1, 0.15) is 0 Å². The zero-order valence-corrected chi connectivity index (χ0v) is 11.8. The van der Waals surface area contributed by atoms with Gasteiger partial charge in [-0.3, -0.25) is 4.84 Å². The van der Waals surface area contributed by atoms with Gasteiger partial charge in [-0.1, -0.05) is 13.8 Å². The normalized spacial score (nSPS) is 9.50. The number of aromatic nitrogens is 3. The van der Waals surface area contributed by atoms with Crippen molar-refractivity contribution in [1.82, 2.24) is 15.0 Å². The van der Waals surface area contributed by atoms with Crippen molar-refractivity contribution in [2.24, 2.45) is 0 Å². The summed E-state index contributed by atoms with van der Waals surface area (Å²) in [4.78, 5) is 17.4. The quantitative estimate of drug-likeness (QED) is 0.626. The van der Waals surface area contributed by atoms with Crippen LogP contribution in [0.5, 0.6) is 0 Å². The Morgan fingerprint density at radius 1 is 0.889 bits per heavy atom. The molecule has 0 atom stereocenters. The van der Waals surface area contributed by atoms with E-state index in [1.54, 1.807) is 0 Å². The van der Waals surface area contributed by atoms with E-state index in [-0.39, 0.29) is 12.4 Å². The lowest BCUT2D eigenvalue weighted by Crippen LogP contribution is -2.12. The van der Waals surface area contributed by atoms with Crippen molar-refractivity contribution in [2.75, 3.05) is 36.3 Å². The van der Waals surface area contributed by atoms with Crippen LogP contribution in [-0.2, 0) is 4.84 Å². The van der Waals surface area contributed by atoms with Gasteiger partial charge in [-0.2, -0.15) is 15.0 Å². The van der Waals surface area contributed by atoms with Gasteiger partial charge in [0, 0.05) is 13.1 Å². The first-order valence-corrected chi connectivity index (χ1v) is 5.83. The molecule has 0 unspecified atom stereocenters. The third kappa shape index (κ3) is 5.83. The van der Waals surface area contributed by atoms with Crippen LogP contribution in [0.3, 0.4) is 0 Å². The fourth-order valence-corrected chi connectivity index (χ4v) is 1.14. The lowest BCUT2D eigenvalue weighted by molar-refractivity contribution is 0.267. The van der Waals surface area contributed by atoms with E-state index in [0.717, 1.165) is 25.9 Å². The summed E-state index contributed by atoms with van der Waals surface area (Å²) in [6.07, 6.45) is 2.02. The summed E-state index contributed by atoms with van der Waals surface area (Å²) >= 11 is 0. The standard InChI is InChI=1S/C10H20N6O.ClH/c1-4-6-11-8-13-9(12-7-5-2)15-10(14-8)16-17-3;/h4-7H2,1-3H3,(H3,11,12,13,14,15,16);1H. The first-order chi connectivity index (χ1) is 8.30. The van der Waals surface area contributed by atoms with Crippen LogP contribution in [0.2, 0.25) is 0 Å². The second-order valence-electron chi connectivity index (χ2n) is 3.47. The van der Waals surface area contributed by atoms with Gasteiger partial charge < -0.3 is 10.6 Å². The molecule has 1 heterocycles. The van der Waals surface area contributed by atoms with Crippen molar-refractivity contribution in [2.45, 2.75) is 26.7 Å². The molecule has 0 radical (unpaired) electrons. The second kappa shape index (κ2) is 9.67. The second-order valence-corrected chi connectivity index (χ2v) is 3.47. The van der Waals surface area contributed by atoms with Crippen LogP contribution in [-0.4, -0.2) is 35.2 Å². The average molecular weight is 277 g/mol. The van der Waals surface area contributed by atoms with Crippen LogP contribution in [0, 0.1) is 0 Å². The number of anilines is 3. The Bertz CT molecular complexity index is 312. The minimum absolute atomic E-state index is 0. The van der Waals surface area contributed by atoms with E-state index in [1.807, 2.05) is 0 Å². The van der Waals surface area contributed by atoms with Gasteiger partial charge in [0.05, 0.1) is 7.11 Å². The molecule has 3 N–H and O–H groups in total. The van der Waals surface area contributed by atoms with Crippen molar-refractivity contribution in [1.29, 1.82) is 0 Å². The molecule has 1 rings (SSSR count). The molecule has 0 aliphatic carbocycles. The van der Waals surface area contributed by atoms with Crippen molar-refractivity contribution in [3.05, 3.63) is 0 Å². The average Bonchev–Trinajstić information content (AvgIpc) is 2.34. The molecule has 18 heavy (non-hydrogen) atoms. The molecule has 0 aromatic carbocycles. The minimum atomic E-state index is 0. The number of nitrogens with one attached hydrogen (secondary N) is 3. The van der Waals surface area contributed by atoms with Gasteiger partial charge in [-0.15, -0.1) is 12.4 Å². The Labute approximate surface area is 114 Å². The molecule has 1 aromatic rings. The predicted octanol–water partition coefficient (Wildman–Crippen LogP) is 1.91. The van der Waals surface area contributed by atoms with Crippen LogP contribution in [0.1, 0.15) is 26.7 Å². The summed E-state index contributed by atoms with van der Waals surface area (Å²) in [5, 5.41) is 6.22. The van der Waals surface area contributed by atoms with E-state index in [9.17, 15) is 0 Å². The van der Waals surface area contributed by atoms with Gasteiger partial charge in [-0.05, 0) is 12.8 Å². The molecule has 0 saturated heterocycles. The lowest BCUT2D eigenvalue weighted by Gasteiger charge is -2.09. The van der Waals surface area contributed by atoms with Gasteiger partial charge in [0.25, 0.3) is 5.95 Å². The van der Waals surface area contributed by atoms with E-state index in [1.165, 1.54) is 7.11 Å². The molecule has 0 saturated carbocycles. The number of hydrogen-bond acceptors (Lipinski definition) is 7. The maximum atomic E-state index is 4.79. The Hall–Kier alpha value is -1.34. The molecule has 0 spiro atoms. The number of halogens is 1. The number of nitrogens with zero attached hydrogens (tertiary/aromatic N) is 3. The molecular weight excluding hydrogens is 256 g/mol. The summed E-state index contributed by atoms with van der Waals surface area (Å²) in [6, 6.07) is 0. The van der Waals surface area contributed by atoms with E-state index < -0.39 is 0 Å². The maximum absolute atomic E-state index is 4.79.